The summed E-state index contributed by atoms with van der Waals surface area (Å²) in [4.78, 5) is 0. The van der Waals surface area contributed by atoms with Crippen LogP contribution in [0, 0.1) is 12.7 Å². The van der Waals surface area contributed by atoms with Gasteiger partial charge in [-0.2, -0.15) is 0 Å². The fraction of sp³-hybridized carbons (Fsp3) is 0.0625. The van der Waals surface area contributed by atoms with E-state index in [0.717, 1.165) is 11.1 Å². The van der Waals surface area contributed by atoms with Crippen LogP contribution in [-0.2, 0) is 0 Å². The number of aryl methyl sites for hydroxylation is 1. The zero-order valence-electron chi connectivity index (χ0n) is 10.9. The summed E-state index contributed by atoms with van der Waals surface area (Å²) in [6, 6.07) is 14.2. The van der Waals surface area contributed by atoms with Crippen LogP contribution in [0.4, 0.5) is 10.3 Å². The molecular formula is C16H13FN2O. The van der Waals surface area contributed by atoms with Crippen LogP contribution >= 0.6 is 0 Å². The molecule has 3 aromatic rings. The molecule has 2 N–H and O–H groups in total. The Morgan fingerprint density at radius 2 is 1.65 bits per heavy atom. The molecule has 2 aromatic carbocycles. The molecule has 0 bridgehead atoms. The maximum absolute atomic E-state index is 14.0. The van der Waals surface area contributed by atoms with E-state index < -0.39 is 0 Å². The van der Waals surface area contributed by atoms with E-state index in [4.69, 9.17) is 10.3 Å². The predicted molar refractivity (Wildman–Crippen MR) is 76.5 cm³/mol. The minimum Gasteiger partial charge on any atom is -0.367 e. The molecule has 1 heterocycles. The zero-order valence-corrected chi connectivity index (χ0v) is 10.9. The lowest BCUT2D eigenvalue weighted by atomic mass is 9.98. The fourth-order valence-corrected chi connectivity index (χ4v) is 2.25. The van der Waals surface area contributed by atoms with Gasteiger partial charge < -0.3 is 10.3 Å². The first-order valence-corrected chi connectivity index (χ1v) is 6.24. The summed E-state index contributed by atoms with van der Waals surface area (Å²) in [6.07, 6.45) is 0. The number of rotatable bonds is 2. The van der Waals surface area contributed by atoms with Gasteiger partial charge in [-0.3, -0.25) is 0 Å². The van der Waals surface area contributed by atoms with E-state index in [9.17, 15) is 4.39 Å². The first-order chi connectivity index (χ1) is 9.68. The van der Waals surface area contributed by atoms with E-state index in [2.05, 4.69) is 5.16 Å². The number of hydrogen-bond acceptors (Lipinski definition) is 3. The monoisotopic (exact) mass is 268 g/mol. The summed E-state index contributed by atoms with van der Waals surface area (Å²) in [5, 5.41) is 4.00. The molecule has 0 fully saturated rings. The third-order valence-corrected chi connectivity index (χ3v) is 3.26. The first-order valence-electron chi connectivity index (χ1n) is 6.24. The molecule has 20 heavy (non-hydrogen) atoms. The second-order valence-electron chi connectivity index (χ2n) is 4.57. The third-order valence-electron chi connectivity index (χ3n) is 3.26. The second kappa shape index (κ2) is 4.81. The highest BCUT2D eigenvalue weighted by Gasteiger charge is 2.20. The highest BCUT2D eigenvalue weighted by atomic mass is 19.1. The minimum atomic E-state index is -0.350. The molecular weight excluding hydrogens is 255 g/mol. The van der Waals surface area contributed by atoms with Crippen molar-refractivity contribution in [1.82, 2.24) is 5.16 Å². The van der Waals surface area contributed by atoms with Crippen LogP contribution in [-0.4, -0.2) is 5.16 Å². The van der Waals surface area contributed by atoms with Gasteiger partial charge in [0.25, 0.3) is 0 Å². The Morgan fingerprint density at radius 1 is 1.00 bits per heavy atom. The molecule has 3 nitrogen and oxygen atoms in total. The Kier molecular flexibility index (Phi) is 2.99. The van der Waals surface area contributed by atoms with Crippen molar-refractivity contribution in [2.45, 2.75) is 6.92 Å². The van der Waals surface area contributed by atoms with Crippen LogP contribution in [0.5, 0.6) is 0 Å². The van der Waals surface area contributed by atoms with Crippen molar-refractivity contribution in [2.24, 2.45) is 0 Å². The lowest BCUT2D eigenvalue weighted by Gasteiger charge is -2.06. The smallest absolute Gasteiger partial charge is 0.230 e. The van der Waals surface area contributed by atoms with Gasteiger partial charge in [0.15, 0.2) is 0 Å². The number of nitrogen functional groups attached to an aromatic ring is 1. The molecule has 0 unspecified atom stereocenters. The van der Waals surface area contributed by atoms with Crippen molar-refractivity contribution in [3.05, 3.63) is 59.9 Å². The van der Waals surface area contributed by atoms with Crippen molar-refractivity contribution in [1.29, 1.82) is 0 Å². The Labute approximate surface area is 115 Å². The molecule has 1 aromatic heterocycles. The average Bonchev–Trinajstić information content (AvgIpc) is 2.82. The SMILES string of the molecule is Cc1ccccc1-c1noc(N)c1-c1ccccc1F. The van der Waals surface area contributed by atoms with Gasteiger partial charge in [-0.25, -0.2) is 4.39 Å². The maximum Gasteiger partial charge on any atom is 0.230 e. The molecule has 0 aliphatic heterocycles. The Hall–Kier alpha value is -2.62. The van der Waals surface area contributed by atoms with Gasteiger partial charge in [0.2, 0.25) is 5.88 Å². The van der Waals surface area contributed by atoms with Crippen LogP contribution in [0.1, 0.15) is 5.56 Å². The minimum absolute atomic E-state index is 0.119. The van der Waals surface area contributed by atoms with Gasteiger partial charge in [0, 0.05) is 11.1 Å². The van der Waals surface area contributed by atoms with E-state index >= 15 is 0 Å². The van der Waals surface area contributed by atoms with Gasteiger partial charge in [-0.15, -0.1) is 0 Å². The Morgan fingerprint density at radius 3 is 2.35 bits per heavy atom. The van der Waals surface area contributed by atoms with Gasteiger partial charge >= 0.3 is 0 Å². The molecule has 0 spiro atoms. The second-order valence-corrected chi connectivity index (χ2v) is 4.57. The van der Waals surface area contributed by atoms with Crippen LogP contribution in [0.3, 0.4) is 0 Å². The lowest BCUT2D eigenvalue weighted by Crippen LogP contribution is -1.91. The summed E-state index contributed by atoms with van der Waals surface area (Å²) < 4.78 is 19.1. The molecule has 0 atom stereocenters. The maximum atomic E-state index is 14.0. The van der Waals surface area contributed by atoms with E-state index in [1.165, 1.54) is 6.07 Å². The van der Waals surface area contributed by atoms with E-state index in [-0.39, 0.29) is 11.7 Å². The van der Waals surface area contributed by atoms with Crippen LogP contribution < -0.4 is 5.73 Å². The number of anilines is 1. The topological polar surface area (TPSA) is 52.0 Å². The number of benzene rings is 2. The number of aromatic nitrogens is 1. The third kappa shape index (κ3) is 1.95. The summed E-state index contributed by atoms with van der Waals surface area (Å²) in [5.74, 6) is -0.231. The molecule has 100 valence electrons. The average molecular weight is 268 g/mol. The number of nitrogens with zero attached hydrogens (tertiary/aromatic N) is 1. The summed E-state index contributed by atoms with van der Waals surface area (Å²) >= 11 is 0. The zero-order chi connectivity index (χ0) is 14.1. The largest absolute Gasteiger partial charge is 0.367 e. The quantitative estimate of drug-likeness (QED) is 0.763. The number of hydrogen-bond donors (Lipinski definition) is 1. The van der Waals surface area contributed by atoms with Crippen molar-refractivity contribution in [3.8, 4) is 22.4 Å². The highest BCUT2D eigenvalue weighted by molar-refractivity contribution is 5.87. The molecule has 0 saturated carbocycles. The Balaban J connectivity index is 2.26. The van der Waals surface area contributed by atoms with Crippen molar-refractivity contribution < 1.29 is 8.91 Å². The van der Waals surface area contributed by atoms with Crippen molar-refractivity contribution in [3.63, 3.8) is 0 Å². The fourth-order valence-electron chi connectivity index (χ4n) is 2.25. The predicted octanol–water partition coefficient (Wildman–Crippen LogP) is 4.04. The summed E-state index contributed by atoms with van der Waals surface area (Å²) in [6.45, 7) is 1.96. The van der Waals surface area contributed by atoms with E-state index in [1.807, 2.05) is 31.2 Å². The number of nitrogens with two attached hydrogens (primary N) is 1. The van der Waals surface area contributed by atoms with Crippen molar-refractivity contribution in [2.75, 3.05) is 5.73 Å². The van der Waals surface area contributed by atoms with Gasteiger partial charge in [-0.05, 0) is 18.6 Å². The normalized spacial score (nSPS) is 10.7. The first kappa shape index (κ1) is 12.4. The Bertz CT molecular complexity index is 765. The molecule has 0 radical (unpaired) electrons. The summed E-state index contributed by atoms with van der Waals surface area (Å²) in [5.41, 5.74) is 9.19. The van der Waals surface area contributed by atoms with E-state index in [1.54, 1.807) is 18.2 Å². The highest BCUT2D eigenvalue weighted by Crippen LogP contribution is 2.38. The number of halogens is 1. The summed E-state index contributed by atoms with van der Waals surface area (Å²) in [7, 11) is 0. The molecule has 3 rings (SSSR count). The molecule has 0 aliphatic carbocycles. The van der Waals surface area contributed by atoms with Crippen LogP contribution in [0.2, 0.25) is 0 Å². The molecule has 0 amide bonds. The van der Waals surface area contributed by atoms with E-state index in [0.29, 0.717) is 16.8 Å². The lowest BCUT2D eigenvalue weighted by molar-refractivity contribution is 0.439. The standard InChI is InChI=1S/C16H13FN2O/c1-10-6-2-3-7-11(10)15-14(16(18)20-19-15)12-8-4-5-9-13(12)17/h2-9H,18H2,1H3. The van der Waals surface area contributed by atoms with Crippen LogP contribution in [0.25, 0.3) is 22.4 Å². The van der Waals surface area contributed by atoms with Gasteiger partial charge in [0.1, 0.15) is 11.5 Å². The van der Waals surface area contributed by atoms with Gasteiger partial charge in [0.05, 0.1) is 5.56 Å². The van der Waals surface area contributed by atoms with Gasteiger partial charge in [-0.1, -0.05) is 47.6 Å². The molecule has 0 aliphatic rings. The molecule has 0 saturated heterocycles. The van der Waals surface area contributed by atoms with Crippen molar-refractivity contribution >= 4 is 5.88 Å². The molecule has 4 heteroatoms. The van der Waals surface area contributed by atoms with Crippen LogP contribution in [0.15, 0.2) is 53.1 Å².